The fourth-order valence-electron chi connectivity index (χ4n) is 4.46. The van der Waals surface area contributed by atoms with E-state index in [1.807, 2.05) is 6.07 Å². The SMILES string of the molecule is C[C@@H](c1ccccc1)N1CCC(N2C(=O)[C@@H]3CCCN3C2=O)CC1. The van der Waals surface area contributed by atoms with Crippen molar-refractivity contribution in [3.8, 4) is 0 Å². The number of benzene rings is 1. The Balaban J connectivity index is 1.40. The number of fused-ring (bicyclic) bond motifs is 1. The van der Waals surface area contributed by atoms with Gasteiger partial charge in [0.25, 0.3) is 5.91 Å². The van der Waals surface area contributed by atoms with Crippen molar-refractivity contribution in [1.29, 1.82) is 0 Å². The first-order chi connectivity index (χ1) is 11.7. The lowest BCUT2D eigenvalue weighted by atomic mass is 9.99. The minimum absolute atomic E-state index is 0.0444. The van der Waals surface area contributed by atoms with Crippen LogP contribution in [0.5, 0.6) is 0 Å². The van der Waals surface area contributed by atoms with E-state index >= 15 is 0 Å². The van der Waals surface area contributed by atoms with Gasteiger partial charge in [-0.05, 0) is 38.2 Å². The molecule has 128 valence electrons. The zero-order valence-corrected chi connectivity index (χ0v) is 14.2. The van der Waals surface area contributed by atoms with Gasteiger partial charge in [0.05, 0.1) is 0 Å². The number of carbonyl (C=O) groups excluding carboxylic acids is 2. The first-order valence-electron chi connectivity index (χ1n) is 9.09. The van der Waals surface area contributed by atoms with Crippen LogP contribution in [0.15, 0.2) is 30.3 Å². The Hall–Kier alpha value is -1.88. The molecule has 0 aromatic heterocycles. The number of nitrogens with zero attached hydrogens (tertiary/aromatic N) is 3. The highest BCUT2D eigenvalue weighted by molar-refractivity contribution is 6.04. The lowest BCUT2D eigenvalue weighted by molar-refractivity contribution is -0.130. The van der Waals surface area contributed by atoms with Gasteiger partial charge in [-0.3, -0.25) is 14.6 Å². The summed E-state index contributed by atoms with van der Waals surface area (Å²) in [5.41, 5.74) is 1.32. The number of piperidine rings is 1. The molecule has 0 unspecified atom stereocenters. The second-order valence-corrected chi connectivity index (χ2v) is 7.20. The third-order valence-electron chi connectivity index (χ3n) is 5.92. The molecule has 0 N–H and O–H groups in total. The number of hydrogen-bond donors (Lipinski definition) is 0. The molecular weight excluding hydrogens is 302 g/mol. The molecule has 0 aliphatic carbocycles. The quantitative estimate of drug-likeness (QED) is 0.802. The van der Waals surface area contributed by atoms with Gasteiger partial charge in [0.15, 0.2) is 0 Å². The van der Waals surface area contributed by atoms with Gasteiger partial charge in [0.2, 0.25) is 0 Å². The van der Waals surface area contributed by atoms with E-state index in [1.54, 1.807) is 9.80 Å². The lowest BCUT2D eigenvalue weighted by Crippen LogP contribution is -2.48. The van der Waals surface area contributed by atoms with E-state index in [4.69, 9.17) is 0 Å². The third-order valence-corrected chi connectivity index (χ3v) is 5.92. The van der Waals surface area contributed by atoms with Crippen molar-refractivity contribution in [1.82, 2.24) is 14.7 Å². The summed E-state index contributed by atoms with van der Waals surface area (Å²) in [6, 6.07) is 10.8. The van der Waals surface area contributed by atoms with E-state index in [0.717, 1.165) is 45.3 Å². The van der Waals surface area contributed by atoms with Crippen LogP contribution in [-0.4, -0.2) is 58.4 Å². The van der Waals surface area contributed by atoms with Gasteiger partial charge >= 0.3 is 6.03 Å². The Morgan fingerprint density at radius 1 is 1.00 bits per heavy atom. The summed E-state index contributed by atoms with van der Waals surface area (Å²) < 4.78 is 0. The molecule has 4 rings (SSSR count). The summed E-state index contributed by atoms with van der Waals surface area (Å²) in [4.78, 5) is 30.9. The predicted octanol–water partition coefficient (Wildman–Crippen LogP) is 2.64. The summed E-state index contributed by atoms with van der Waals surface area (Å²) in [6.07, 6.45) is 3.57. The van der Waals surface area contributed by atoms with Gasteiger partial charge in [-0.15, -0.1) is 0 Å². The van der Waals surface area contributed by atoms with Crippen molar-refractivity contribution in [2.45, 2.75) is 50.7 Å². The van der Waals surface area contributed by atoms with E-state index in [2.05, 4.69) is 36.1 Å². The topological polar surface area (TPSA) is 43.9 Å². The number of carbonyl (C=O) groups is 2. The van der Waals surface area contributed by atoms with E-state index < -0.39 is 0 Å². The highest BCUT2D eigenvalue weighted by Crippen LogP contribution is 2.32. The molecule has 5 nitrogen and oxygen atoms in total. The van der Waals surface area contributed by atoms with Crippen LogP contribution in [-0.2, 0) is 4.79 Å². The smallest absolute Gasteiger partial charge is 0.312 e. The molecule has 0 bridgehead atoms. The summed E-state index contributed by atoms with van der Waals surface area (Å²) >= 11 is 0. The molecule has 3 heterocycles. The fourth-order valence-corrected chi connectivity index (χ4v) is 4.46. The van der Waals surface area contributed by atoms with Crippen molar-refractivity contribution in [3.05, 3.63) is 35.9 Å². The maximum absolute atomic E-state index is 12.6. The molecule has 24 heavy (non-hydrogen) atoms. The van der Waals surface area contributed by atoms with Crippen molar-refractivity contribution < 1.29 is 9.59 Å². The number of imide groups is 1. The first-order valence-corrected chi connectivity index (χ1v) is 9.09. The second-order valence-electron chi connectivity index (χ2n) is 7.20. The Labute approximate surface area is 143 Å². The van der Waals surface area contributed by atoms with Gasteiger partial charge in [-0.1, -0.05) is 30.3 Å². The van der Waals surface area contributed by atoms with E-state index in [-0.39, 0.29) is 24.0 Å². The monoisotopic (exact) mass is 327 g/mol. The summed E-state index contributed by atoms with van der Waals surface area (Å²) in [6.45, 7) is 4.85. The number of hydrogen-bond acceptors (Lipinski definition) is 3. The summed E-state index contributed by atoms with van der Waals surface area (Å²) in [5.74, 6) is 0.0482. The van der Waals surface area contributed by atoms with Gasteiger partial charge in [0.1, 0.15) is 6.04 Å². The average molecular weight is 327 g/mol. The Morgan fingerprint density at radius 2 is 1.71 bits per heavy atom. The molecule has 3 saturated heterocycles. The summed E-state index contributed by atoms with van der Waals surface area (Å²) in [7, 11) is 0. The molecule has 5 heteroatoms. The lowest BCUT2D eigenvalue weighted by Gasteiger charge is -2.38. The van der Waals surface area contributed by atoms with Crippen LogP contribution < -0.4 is 0 Å². The number of likely N-dealkylation sites (tertiary alicyclic amines) is 1. The Bertz CT molecular complexity index is 603. The van der Waals surface area contributed by atoms with E-state index in [1.165, 1.54) is 5.56 Å². The Kier molecular flexibility index (Phi) is 4.04. The van der Waals surface area contributed by atoms with Crippen LogP contribution in [0.3, 0.4) is 0 Å². The minimum atomic E-state index is -0.168. The maximum atomic E-state index is 12.6. The first kappa shape index (κ1) is 15.6. The van der Waals surface area contributed by atoms with Gasteiger partial charge in [-0.25, -0.2) is 4.79 Å². The molecule has 3 fully saturated rings. The van der Waals surface area contributed by atoms with Crippen molar-refractivity contribution in [2.75, 3.05) is 19.6 Å². The van der Waals surface area contributed by atoms with Gasteiger partial charge in [-0.2, -0.15) is 0 Å². The van der Waals surface area contributed by atoms with Gasteiger partial charge in [0, 0.05) is 31.7 Å². The average Bonchev–Trinajstić information content (AvgIpc) is 3.20. The Morgan fingerprint density at radius 3 is 2.38 bits per heavy atom. The second kappa shape index (κ2) is 6.20. The maximum Gasteiger partial charge on any atom is 0.327 e. The number of rotatable bonds is 3. The van der Waals surface area contributed by atoms with Crippen molar-refractivity contribution in [2.24, 2.45) is 0 Å². The van der Waals surface area contributed by atoms with Crippen LogP contribution >= 0.6 is 0 Å². The molecule has 1 aromatic carbocycles. The van der Waals surface area contributed by atoms with Crippen LogP contribution in [0.4, 0.5) is 4.79 Å². The fraction of sp³-hybridized carbons (Fsp3) is 0.579. The van der Waals surface area contributed by atoms with Crippen LogP contribution in [0.1, 0.15) is 44.2 Å². The number of amides is 3. The van der Waals surface area contributed by atoms with E-state index in [9.17, 15) is 9.59 Å². The largest absolute Gasteiger partial charge is 0.327 e. The van der Waals surface area contributed by atoms with Crippen molar-refractivity contribution >= 4 is 11.9 Å². The molecule has 3 aliphatic rings. The molecular formula is C19H25N3O2. The predicted molar refractivity (Wildman–Crippen MR) is 91.4 cm³/mol. The highest BCUT2D eigenvalue weighted by Gasteiger charge is 2.50. The van der Waals surface area contributed by atoms with E-state index in [0.29, 0.717) is 6.04 Å². The third kappa shape index (κ3) is 2.51. The molecule has 0 spiro atoms. The van der Waals surface area contributed by atoms with Crippen LogP contribution in [0.25, 0.3) is 0 Å². The molecule has 3 amide bonds. The van der Waals surface area contributed by atoms with Crippen LogP contribution in [0, 0.1) is 0 Å². The molecule has 3 aliphatic heterocycles. The van der Waals surface area contributed by atoms with Crippen LogP contribution in [0.2, 0.25) is 0 Å². The summed E-state index contributed by atoms with van der Waals surface area (Å²) in [5, 5.41) is 0. The number of urea groups is 1. The molecule has 1 aromatic rings. The zero-order valence-electron chi connectivity index (χ0n) is 14.2. The van der Waals surface area contributed by atoms with Gasteiger partial charge < -0.3 is 4.90 Å². The zero-order chi connectivity index (χ0) is 16.7. The normalized spacial score (nSPS) is 27.0. The van der Waals surface area contributed by atoms with Crippen molar-refractivity contribution in [3.63, 3.8) is 0 Å². The minimum Gasteiger partial charge on any atom is -0.312 e. The molecule has 0 saturated carbocycles. The molecule has 2 atom stereocenters. The molecule has 0 radical (unpaired) electrons. The highest BCUT2D eigenvalue weighted by atomic mass is 16.2. The standard InChI is InChI=1S/C19H25N3O2/c1-14(15-6-3-2-4-7-15)20-12-9-16(10-13-20)22-18(23)17-8-5-11-21(17)19(22)24/h2-4,6-7,14,16-17H,5,8-13H2,1H3/t14-,17-/m0/s1.